The lowest BCUT2D eigenvalue weighted by Gasteiger charge is -2.29. The van der Waals surface area contributed by atoms with Crippen molar-refractivity contribution in [2.75, 3.05) is 0 Å². The molecule has 29 heavy (non-hydrogen) atoms. The molecule has 2 aliphatic rings. The third-order valence-corrected chi connectivity index (χ3v) is 7.27. The van der Waals surface area contributed by atoms with Crippen molar-refractivity contribution >= 4 is 10.1 Å². The highest BCUT2D eigenvalue weighted by Crippen LogP contribution is 2.40. The molecule has 0 aromatic heterocycles. The Balaban J connectivity index is 0.000000188. The van der Waals surface area contributed by atoms with Crippen molar-refractivity contribution in [3.05, 3.63) is 65.2 Å². The predicted molar refractivity (Wildman–Crippen MR) is 119 cm³/mol. The van der Waals surface area contributed by atoms with Crippen LogP contribution in [0.5, 0.6) is 0 Å². The number of hydrogen-bond donors (Lipinski definition) is 1. The van der Waals surface area contributed by atoms with Crippen LogP contribution in [0.4, 0.5) is 0 Å². The van der Waals surface area contributed by atoms with Crippen LogP contribution in [0.15, 0.2) is 53.4 Å². The Hall–Kier alpha value is -1.65. The smallest absolute Gasteiger partial charge is 0.282 e. The standard InChI is InChI=1S/C18H26.C7H8O3S/c1-3-9-15(10-4-1)17-13-7-8-14-18(17)16-11-5-2-6-12-16;1-6-2-4-7(5-3-6)11(8,9)10/h7-8,13-16H,1-6,9-12H2;2-5H,1H3,(H,8,9,10). The van der Waals surface area contributed by atoms with Crippen LogP contribution in [-0.4, -0.2) is 13.0 Å². The van der Waals surface area contributed by atoms with Gasteiger partial charge in [0.2, 0.25) is 0 Å². The molecular weight excluding hydrogens is 380 g/mol. The zero-order valence-corrected chi connectivity index (χ0v) is 18.3. The number of benzene rings is 2. The van der Waals surface area contributed by atoms with Crippen molar-refractivity contribution in [3.8, 4) is 0 Å². The van der Waals surface area contributed by atoms with Gasteiger partial charge in [0.15, 0.2) is 0 Å². The highest BCUT2D eigenvalue weighted by atomic mass is 32.2. The number of rotatable bonds is 3. The molecule has 0 unspecified atom stereocenters. The zero-order valence-electron chi connectivity index (χ0n) is 17.5. The summed E-state index contributed by atoms with van der Waals surface area (Å²) in [4.78, 5) is -0.0666. The molecule has 0 bridgehead atoms. The predicted octanol–water partition coefficient (Wildman–Crippen LogP) is 7.02. The van der Waals surface area contributed by atoms with Crippen LogP contribution in [-0.2, 0) is 10.1 Å². The first kappa shape index (κ1) is 22.0. The summed E-state index contributed by atoms with van der Waals surface area (Å²) >= 11 is 0. The summed E-state index contributed by atoms with van der Waals surface area (Å²) in [7, 11) is -4.02. The SMILES string of the molecule is Cc1ccc(S(=O)(=O)O)cc1.c1ccc(C2CCCCC2)c(C2CCCCC2)c1. The van der Waals surface area contributed by atoms with Gasteiger partial charge in [-0.3, -0.25) is 4.55 Å². The third kappa shape index (κ3) is 6.42. The first-order chi connectivity index (χ1) is 13.9. The van der Waals surface area contributed by atoms with Crippen LogP contribution in [0.3, 0.4) is 0 Å². The molecule has 0 saturated heterocycles. The fourth-order valence-electron chi connectivity index (χ4n) is 4.79. The molecule has 1 N–H and O–H groups in total. The zero-order chi connectivity index (χ0) is 20.7. The van der Waals surface area contributed by atoms with Gasteiger partial charge in [-0.15, -0.1) is 0 Å². The molecule has 0 amide bonds. The molecule has 0 heterocycles. The normalized spacial score (nSPS) is 18.7. The van der Waals surface area contributed by atoms with Gasteiger partial charge in [-0.05, 0) is 67.7 Å². The molecule has 158 valence electrons. The summed E-state index contributed by atoms with van der Waals surface area (Å²) < 4.78 is 29.6. The summed E-state index contributed by atoms with van der Waals surface area (Å²) in [5.74, 6) is 1.74. The minimum atomic E-state index is -4.02. The van der Waals surface area contributed by atoms with Gasteiger partial charge in [0, 0.05) is 0 Å². The molecule has 3 nitrogen and oxygen atoms in total. The molecule has 0 aliphatic heterocycles. The van der Waals surface area contributed by atoms with E-state index in [1.165, 1.54) is 76.3 Å². The lowest BCUT2D eigenvalue weighted by molar-refractivity contribution is 0.419. The van der Waals surface area contributed by atoms with Crippen molar-refractivity contribution in [2.24, 2.45) is 0 Å². The summed E-state index contributed by atoms with van der Waals surface area (Å²) in [6.45, 7) is 1.84. The van der Waals surface area contributed by atoms with Crippen LogP contribution in [0, 0.1) is 6.92 Å². The fraction of sp³-hybridized carbons (Fsp3) is 0.520. The van der Waals surface area contributed by atoms with Gasteiger partial charge in [0.05, 0.1) is 4.90 Å². The van der Waals surface area contributed by atoms with Crippen LogP contribution in [0.2, 0.25) is 0 Å². The van der Waals surface area contributed by atoms with Crippen LogP contribution < -0.4 is 0 Å². The van der Waals surface area contributed by atoms with Gasteiger partial charge in [0.1, 0.15) is 0 Å². The van der Waals surface area contributed by atoms with Gasteiger partial charge in [-0.1, -0.05) is 80.5 Å². The molecule has 0 radical (unpaired) electrons. The maximum absolute atomic E-state index is 10.5. The Labute approximate surface area is 176 Å². The molecule has 0 spiro atoms. The van der Waals surface area contributed by atoms with Crippen molar-refractivity contribution in [2.45, 2.75) is 87.9 Å². The average Bonchev–Trinajstić information content (AvgIpc) is 2.75. The van der Waals surface area contributed by atoms with Crippen molar-refractivity contribution in [3.63, 3.8) is 0 Å². The molecule has 2 aromatic rings. The Morgan fingerprint density at radius 1 is 0.690 bits per heavy atom. The highest BCUT2D eigenvalue weighted by molar-refractivity contribution is 7.85. The summed E-state index contributed by atoms with van der Waals surface area (Å²) in [5.41, 5.74) is 4.38. The van der Waals surface area contributed by atoms with E-state index in [1.54, 1.807) is 23.3 Å². The molecule has 4 rings (SSSR count). The maximum Gasteiger partial charge on any atom is 0.294 e. The second-order valence-electron chi connectivity index (χ2n) is 8.59. The minimum Gasteiger partial charge on any atom is -0.282 e. The highest BCUT2D eigenvalue weighted by Gasteiger charge is 2.23. The van der Waals surface area contributed by atoms with E-state index in [-0.39, 0.29) is 4.90 Å². The topological polar surface area (TPSA) is 54.4 Å². The largest absolute Gasteiger partial charge is 0.294 e. The molecule has 4 heteroatoms. The van der Waals surface area contributed by atoms with E-state index >= 15 is 0 Å². The van der Waals surface area contributed by atoms with Gasteiger partial charge < -0.3 is 0 Å². The Morgan fingerprint density at radius 2 is 1.10 bits per heavy atom. The van der Waals surface area contributed by atoms with E-state index in [4.69, 9.17) is 4.55 Å². The molecule has 2 aliphatic carbocycles. The lowest BCUT2D eigenvalue weighted by Crippen LogP contribution is -2.12. The van der Waals surface area contributed by atoms with Crippen LogP contribution >= 0.6 is 0 Å². The molecule has 0 atom stereocenters. The lowest BCUT2D eigenvalue weighted by atomic mass is 9.76. The van der Waals surface area contributed by atoms with E-state index in [1.807, 2.05) is 6.92 Å². The van der Waals surface area contributed by atoms with E-state index in [2.05, 4.69) is 24.3 Å². The van der Waals surface area contributed by atoms with Crippen LogP contribution in [0.1, 0.15) is 92.7 Å². The average molecular weight is 415 g/mol. The molecule has 2 saturated carbocycles. The van der Waals surface area contributed by atoms with Gasteiger partial charge in [0.25, 0.3) is 10.1 Å². The van der Waals surface area contributed by atoms with E-state index < -0.39 is 10.1 Å². The van der Waals surface area contributed by atoms with Crippen molar-refractivity contribution < 1.29 is 13.0 Å². The van der Waals surface area contributed by atoms with E-state index in [0.29, 0.717) is 0 Å². The first-order valence-corrected chi connectivity index (χ1v) is 12.5. The Kier molecular flexibility index (Phi) is 7.91. The summed E-state index contributed by atoms with van der Waals surface area (Å²) in [6, 6.07) is 15.4. The quantitative estimate of drug-likeness (QED) is 0.549. The van der Waals surface area contributed by atoms with E-state index in [9.17, 15) is 8.42 Å². The maximum atomic E-state index is 10.5. The van der Waals surface area contributed by atoms with Gasteiger partial charge in [-0.2, -0.15) is 8.42 Å². The molecular formula is C25H34O3S. The summed E-state index contributed by atoms with van der Waals surface area (Å²) in [5, 5.41) is 0. The Bertz CT molecular complexity index is 822. The minimum absolute atomic E-state index is 0.0666. The number of aryl methyl sites for hydroxylation is 1. The van der Waals surface area contributed by atoms with Crippen molar-refractivity contribution in [1.29, 1.82) is 0 Å². The second-order valence-corrected chi connectivity index (χ2v) is 10.0. The summed E-state index contributed by atoms with van der Waals surface area (Å²) in [6.07, 6.45) is 14.5. The second kappa shape index (κ2) is 10.4. The molecule has 2 fully saturated rings. The first-order valence-electron chi connectivity index (χ1n) is 11.1. The van der Waals surface area contributed by atoms with Gasteiger partial charge >= 0.3 is 0 Å². The third-order valence-electron chi connectivity index (χ3n) is 6.40. The Morgan fingerprint density at radius 3 is 1.48 bits per heavy atom. The molecule has 2 aromatic carbocycles. The fourth-order valence-corrected chi connectivity index (χ4v) is 5.27. The number of hydrogen-bond acceptors (Lipinski definition) is 2. The monoisotopic (exact) mass is 414 g/mol. The van der Waals surface area contributed by atoms with Crippen molar-refractivity contribution in [1.82, 2.24) is 0 Å². The van der Waals surface area contributed by atoms with Gasteiger partial charge in [-0.25, -0.2) is 0 Å². The van der Waals surface area contributed by atoms with Crippen LogP contribution in [0.25, 0.3) is 0 Å². The van der Waals surface area contributed by atoms with E-state index in [0.717, 1.165) is 17.4 Å².